The molecule has 0 unspecified atom stereocenters. The molecule has 0 saturated heterocycles. The molecule has 1 rings (SSSR count). The maximum absolute atomic E-state index is 11.4. The number of amidine groups is 1. The molecule has 0 aromatic heterocycles. The monoisotopic (exact) mass is 307 g/mol. The fraction of sp³-hybridized carbons (Fsp3) is 0.400. The Balaban J connectivity index is 2.57. The van der Waals surface area contributed by atoms with Gasteiger partial charge in [-0.05, 0) is 38.5 Å². The summed E-state index contributed by atoms with van der Waals surface area (Å²) in [4.78, 5) is 22.7. The van der Waals surface area contributed by atoms with E-state index in [0.717, 1.165) is 5.56 Å². The lowest BCUT2D eigenvalue weighted by molar-refractivity contribution is 0.0527. The molecule has 120 valence electrons. The minimum atomic E-state index is -0.670. The Morgan fingerprint density at radius 3 is 2.32 bits per heavy atom. The fourth-order valence-electron chi connectivity index (χ4n) is 1.54. The zero-order valence-electron chi connectivity index (χ0n) is 13.2. The Morgan fingerprint density at radius 2 is 1.82 bits per heavy atom. The van der Waals surface area contributed by atoms with Crippen LogP contribution in [0.4, 0.5) is 4.79 Å². The number of hydrogen-bond donors (Lipinski definition) is 2. The Labute approximate surface area is 129 Å². The van der Waals surface area contributed by atoms with Crippen LogP contribution in [-0.4, -0.2) is 30.6 Å². The van der Waals surface area contributed by atoms with E-state index < -0.39 is 17.7 Å². The summed E-state index contributed by atoms with van der Waals surface area (Å²) in [5.41, 5.74) is 8.66. The van der Waals surface area contributed by atoms with Gasteiger partial charge in [0.1, 0.15) is 11.4 Å². The van der Waals surface area contributed by atoms with E-state index in [0.29, 0.717) is 12.0 Å². The van der Waals surface area contributed by atoms with Crippen LogP contribution in [0.3, 0.4) is 0 Å². The first-order valence-electron chi connectivity index (χ1n) is 6.69. The molecule has 7 heteroatoms. The number of rotatable bonds is 4. The average molecular weight is 307 g/mol. The molecule has 0 radical (unpaired) electrons. The van der Waals surface area contributed by atoms with Gasteiger partial charge in [-0.15, -0.1) is 0 Å². The van der Waals surface area contributed by atoms with Crippen LogP contribution in [0, 0.1) is 0 Å². The van der Waals surface area contributed by atoms with Gasteiger partial charge in [0, 0.05) is 6.42 Å². The molecule has 0 aliphatic carbocycles. The number of benzene rings is 1. The summed E-state index contributed by atoms with van der Waals surface area (Å²) < 4.78 is 9.64. The molecule has 1 amide bonds. The SMILES string of the molecule is COC(=O)c1ccc(C/C(N)=N/NC(=O)OC(C)(C)C)cc1. The number of ether oxygens (including phenoxy) is 2. The van der Waals surface area contributed by atoms with Crippen LogP contribution >= 0.6 is 0 Å². The molecule has 0 spiro atoms. The number of nitrogens with one attached hydrogen (secondary N) is 1. The summed E-state index contributed by atoms with van der Waals surface area (Å²) in [6, 6.07) is 6.75. The van der Waals surface area contributed by atoms with Crippen molar-refractivity contribution < 1.29 is 19.1 Å². The first-order valence-corrected chi connectivity index (χ1v) is 6.69. The summed E-state index contributed by atoms with van der Waals surface area (Å²) in [5.74, 6) is -0.184. The number of hydrogen-bond acceptors (Lipinski definition) is 5. The first-order chi connectivity index (χ1) is 10.2. The van der Waals surface area contributed by atoms with E-state index in [1.165, 1.54) is 7.11 Å². The summed E-state index contributed by atoms with van der Waals surface area (Å²) in [5, 5.41) is 3.76. The highest BCUT2D eigenvalue weighted by Gasteiger charge is 2.15. The summed E-state index contributed by atoms with van der Waals surface area (Å²) in [6.07, 6.45) is -0.339. The van der Waals surface area contributed by atoms with Gasteiger partial charge in [-0.3, -0.25) is 0 Å². The van der Waals surface area contributed by atoms with Gasteiger partial charge >= 0.3 is 12.1 Å². The number of nitrogens with zero attached hydrogens (tertiary/aromatic N) is 1. The number of carbonyl (C=O) groups is 2. The van der Waals surface area contributed by atoms with Crippen molar-refractivity contribution in [3.05, 3.63) is 35.4 Å². The molecule has 7 nitrogen and oxygen atoms in total. The van der Waals surface area contributed by atoms with Crippen molar-refractivity contribution in [3.63, 3.8) is 0 Å². The minimum Gasteiger partial charge on any atom is -0.465 e. The number of esters is 1. The second-order valence-corrected chi connectivity index (χ2v) is 5.58. The summed E-state index contributed by atoms with van der Waals surface area (Å²) >= 11 is 0. The smallest absolute Gasteiger partial charge is 0.428 e. The minimum absolute atomic E-state index is 0.219. The van der Waals surface area contributed by atoms with E-state index >= 15 is 0 Å². The highest BCUT2D eigenvalue weighted by Crippen LogP contribution is 2.07. The van der Waals surface area contributed by atoms with Gasteiger partial charge in [0.25, 0.3) is 0 Å². The van der Waals surface area contributed by atoms with E-state index in [2.05, 4.69) is 15.3 Å². The maximum atomic E-state index is 11.4. The fourth-order valence-corrected chi connectivity index (χ4v) is 1.54. The van der Waals surface area contributed by atoms with Crippen LogP contribution in [0.15, 0.2) is 29.4 Å². The van der Waals surface area contributed by atoms with Crippen LogP contribution in [0.1, 0.15) is 36.7 Å². The molecule has 0 saturated carbocycles. The second-order valence-electron chi connectivity index (χ2n) is 5.58. The van der Waals surface area contributed by atoms with Gasteiger partial charge in [-0.25, -0.2) is 15.0 Å². The molecule has 22 heavy (non-hydrogen) atoms. The van der Waals surface area contributed by atoms with Crippen molar-refractivity contribution in [1.29, 1.82) is 0 Å². The van der Waals surface area contributed by atoms with Gasteiger partial charge in [-0.2, -0.15) is 5.10 Å². The highest BCUT2D eigenvalue weighted by atomic mass is 16.6. The number of amides is 1. The van der Waals surface area contributed by atoms with Crippen LogP contribution in [0.2, 0.25) is 0 Å². The van der Waals surface area contributed by atoms with E-state index in [4.69, 9.17) is 10.5 Å². The molecule has 0 atom stereocenters. The standard InChI is InChI=1S/C15H21N3O4/c1-15(2,3)22-14(20)18-17-12(16)9-10-5-7-11(8-6-10)13(19)21-4/h5-8H,9H2,1-4H3,(H2,16,17)(H,18,20). The zero-order chi connectivity index (χ0) is 16.8. The van der Waals surface area contributed by atoms with E-state index in [1.807, 2.05) is 0 Å². The lowest BCUT2D eigenvalue weighted by Crippen LogP contribution is -2.31. The third-order valence-electron chi connectivity index (χ3n) is 2.45. The predicted octanol–water partition coefficient (Wildman–Crippen LogP) is 1.81. The van der Waals surface area contributed by atoms with Crippen LogP contribution in [-0.2, 0) is 15.9 Å². The van der Waals surface area contributed by atoms with Crippen molar-refractivity contribution in [2.24, 2.45) is 10.8 Å². The van der Waals surface area contributed by atoms with Gasteiger partial charge in [-0.1, -0.05) is 12.1 Å². The lowest BCUT2D eigenvalue weighted by atomic mass is 10.1. The maximum Gasteiger partial charge on any atom is 0.428 e. The quantitative estimate of drug-likeness (QED) is 0.382. The largest absolute Gasteiger partial charge is 0.465 e. The Morgan fingerprint density at radius 1 is 1.23 bits per heavy atom. The van der Waals surface area contributed by atoms with Gasteiger partial charge in [0.15, 0.2) is 0 Å². The predicted molar refractivity (Wildman–Crippen MR) is 82.5 cm³/mol. The van der Waals surface area contributed by atoms with Crippen LogP contribution in [0.5, 0.6) is 0 Å². The number of carbonyl (C=O) groups excluding carboxylic acids is 2. The molecular weight excluding hydrogens is 286 g/mol. The molecule has 0 heterocycles. The molecule has 1 aromatic rings. The molecular formula is C15H21N3O4. The van der Waals surface area contributed by atoms with Gasteiger partial charge < -0.3 is 15.2 Å². The topological polar surface area (TPSA) is 103 Å². The second kappa shape index (κ2) is 7.44. The number of hydrazone groups is 1. The number of methoxy groups -OCH3 is 1. The Kier molecular flexibility index (Phi) is 5.91. The molecule has 0 aliphatic rings. The van der Waals surface area contributed by atoms with Crippen LogP contribution < -0.4 is 11.2 Å². The third kappa shape index (κ3) is 6.25. The van der Waals surface area contributed by atoms with Crippen molar-refractivity contribution in [2.75, 3.05) is 7.11 Å². The van der Waals surface area contributed by atoms with Gasteiger partial charge in [0.05, 0.1) is 12.7 Å². The first kappa shape index (κ1) is 17.5. The summed E-state index contributed by atoms with van der Waals surface area (Å²) in [6.45, 7) is 5.26. The van der Waals surface area contributed by atoms with Gasteiger partial charge in [0.2, 0.25) is 0 Å². The Bertz CT molecular complexity index is 559. The summed E-state index contributed by atoms with van der Waals surface area (Å²) in [7, 11) is 1.32. The lowest BCUT2D eigenvalue weighted by Gasteiger charge is -2.18. The molecule has 0 aliphatic heterocycles. The number of nitrogens with two attached hydrogens (primary N) is 1. The van der Waals surface area contributed by atoms with Crippen molar-refractivity contribution in [3.8, 4) is 0 Å². The molecule has 1 aromatic carbocycles. The highest BCUT2D eigenvalue weighted by molar-refractivity contribution is 5.89. The molecule has 0 fully saturated rings. The van der Waals surface area contributed by atoms with Crippen molar-refractivity contribution in [2.45, 2.75) is 32.8 Å². The van der Waals surface area contributed by atoms with E-state index in [9.17, 15) is 9.59 Å². The average Bonchev–Trinajstić information content (AvgIpc) is 2.43. The normalized spacial score (nSPS) is 11.7. The van der Waals surface area contributed by atoms with Crippen molar-refractivity contribution >= 4 is 17.9 Å². The van der Waals surface area contributed by atoms with Crippen molar-refractivity contribution in [1.82, 2.24) is 5.43 Å². The van der Waals surface area contributed by atoms with E-state index in [-0.39, 0.29) is 5.84 Å². The zero-order valence-corrected chi connectivity index (χ0v) is 13.2. The molecule has 0 bridgehead atoms. The Hall–Kier alpha value is -2.57. The third-order valence-corrected chi connectivity index (χ3v) is 2.45. The van der Waals surface area contributed by atoms with Crippen LogP contribution in [0.25, 0.3) is 0 Å². The van der Waals surface area contributed by atoms with E-state index in [1.54, 1.807) is 45.0 Å². The molecule has 3 N–H and O–H groups in total.